The van der Waals surface area contributed by atoms with E-state index in [9.17, 15) is 19.2 Å². The Kier molecular flexibility index (Phi) is 7.92. The predicted octanol–water partition coefficient (Wildman–Crippen LogP) is 1.58. The van der Waals surface area contributed by atoms with Crippen LogP contribution < -0.4 is 21.9 Å². The molecule has 1 aromatic carbocycles. The van der Waals surface area contributed by atoms with Crippen LogP contribution >= 0.6 is 0 Å². The second-order valence-electron chi connectivity index (χ2n) is 7.86. The number of nitrogens with zero attached hydrogens (tertiary/aromatic N) is 2. The first-order chi connectivity index (χ1) is 16.7. The Balaban J connectivity index is 2.12. The molecule has 1 amide bonds. The fourth-order valence-electron chi connectivity index (χ4n) is 3.87. The van der Waals surface area contributed by atoms with E-state index in [0.29, 0.717) is 11.3 Å². The summed E-state index contributed by atoms with van der Waals surface area (Å²) in [6.07, 6.45) is 0. The molecular formula is C24H29N5O6. The first-order valence-corrected chi connectivity index (χ1v) is 11.0. The van der Waals surface area contributed by atoms with E-state index in [2.05, 4.69) is 9.97 Å². The number of rotatable bonds is 9. The number of nitrogen functional groups attached to an aromatic ring is 1. The molecule has 35 heavy (non-hydrogen) atoms. The molecule has 2 heterocycles. The molecule has 0 aliphatic heterocycles. The number of nitrogens with two attached hydrogens (primary N) is 1. The number of H-pyrrole nitrogens is 2. The van der Waals surface area contributed by atoms with Gasteiger partial charge >= 0.3 is 11.7 Å². The van der Waals surface area contributed by atoms with Gasteiger partial charge in [-0.2, -0.15) is 0 Å². The third-order valence-electron chi connectivity index (χ3n) is 5.56. The summed E-state index contributed by atoms with van der Waals surface area (Å²) in [4.78, 5) is 57.9. The highest BCUT2D eigenvalue weighted by Crippen LogP contribution is 2.24. The number of carbonyl (C=O) groups excluding carboxylic acids is 2. The topological polar surface area (TPSA) is 153 Å². The van der Waals surface area contributed by atoms with Crippen molar-refractivity contribution < 1.29 is 19.1 Å². The molecule has 11 nitrogen and oxygen atoms in total. The quantitative estimate of drug-likeness (QED) is 0.391. The van der Waals surface area contributed by atoms with Crippen molar-refractivity contribution in [3.8, 4) is 0 Å². The van der Waals surface area contributed by atoms with Gasteiger partial charge in [0.05, 0.1) is 25.3 Å². The number of hydrogen-bond donors (Lipinski definition) is 3. The van der Waals surface area contributed by atoms with Crippen LogP contribution in [-0.2, 0) is 16.0 Å². The average molecular weight is 484 g/mol. The lowest BCUT2D eigenvalue weighted by molar-refractivity contribution is 0.0525. The standard InChI is InChI=1S/C24H29N5O6/c1-5-35-23(32)17-14(2)18(26-15(17)3)22(31)28(11-12-34-4)19-20(25)29(24(33)27-21(19)30)13-16-9-7-6-8-10-16/h6-10,26H,5,11-13,25H2,1-4H3,(H,27,30,33). The van der Waals surface area contributed by atoms with E-state index in [1.165, 1.54) is 11.7 Å². The van der Waals surface area contributed by atoms with Crippen molar-refractivity contribution in [3.63, 3.8) is 0 Å². The highest BCUT2D eigenvalue weighted by Gasteiger charge is 2.30. The maximum atomic E-state index is 13.7. The number of nitrogens with one attached hydrogen (secondary N) is 2. The number of benzene rings is 1. The second-order valence-corrected chi connectivity index (χ2v) is 7.86. The molecule has 0 spiro atoms. The Morgan fingerprint density at radius 1 is 1.11 bits per heavy atom. The van der Waals surface area contributed by atoms with E-state index in [4.69, 9.17) is 15.2 Å². The molecule has 0 atom stereocenters. The van der Waals surface area contributed by atoms with Crippen molar-refractivity contribution in [1.82, 2.24) is 14.5 Å². The minimum atomic E-state index is -0.812. The first-order valence-electron chi connectivity index (χ1n) is 11.0. The van der Waals surface area contributed by atoms with Crippen molar-refractivity contribution in [1.29, 1.82) is 0 Å². The highest BCUT2D eigenvalue weighted by atomic mass is 16.5. The summed E-state index contributed by atoms with van der Waals surface area (Å²) in [5.74, 6) is -1.34. The number of amides is 1. The van der Waals surface area contributed by atoms with Gasteiger partial charge in [-0.15, -0.1) is 0 Å². The molecule has 0 bridgehead atoms. The van der Waals surface area contributed by atoms with Crippen LogP contribution in [0.1, 0.15) is 44.6 Å². The summed E-state index contributed by atoms with van der Waals surface area (Å²) in [5, 5.41) is 0. The molecule has 4 N–H and O–H groups in total. The van der Waals surface area contributed by atoms with Crippen LogP contribution in [-0.4, -0.2) is 53.3 Å². The lowest BCUT2D eigenvalue weighted by Gasteiger charge is -2.24. The molecule has 11 heteroatoms. The number of aryl methyl sites for hydroxylation is 1. The zero-order valence-corrected chi connectivity index (χ0v) is 20.1. The fraction of sp³-hybridized carbons (Fsp3) is 0.333. The molecule has 0 aliphatic rings. The number of aromatic nitrogens is 3. The van der Waals surface area contributed by atoms with Gasteiger partial charge in [0.2, 0.25) is 0 Å². The van der Waals surface area contributed by atoms with Crippen LogP contribution in [0.3, 0.4) is 0 Å². The monoisotopic (exact) mass is 483 g/mol. The van der Waals surface area contributed by atoms with Gasteiger partial charge in [0.15, 0.2) is 5.69 Å². The number of anilines is 2. The number of carbonyl (C=O) groups is 2. The molecule has 186 valence electrons. The van der Waals surface area contributed by atoms with E-state index in [1.54, 1.807) is 20.8 Å². The normalized spacial score (nSPS) is 10.9. The smallest absolute Gasteiger partial charge is 0.340 e. The number of ether oxygens (including phenoxy) is 2. The molecule has 3 rings (SSSR count). The van der Waals surface area contributed by atoms with Crippen LogP contribution in [0, 0.1) is 13.8 Å². The van der Waals surface area contributed by atoms with Crippen molar-refractivity contribution in [2.75, 3.05) is 37.5 Å². The molecule has 0 fully saturated rings. The van der Waals surface area contributed by atoms with Crippen molar-refractivity contribution in [3.05, 3.63) is 79.2 Å². The number of aromatic amines is 2. The number of methoxy groups -OCH3 is 1. The molecule has 0 aliphatic carbocycles. The fourth-order valence-corrected chi connectivity index (χ4v) is 3.87. The summed E-state index contributed by atoms with van der Waals surface area (Å²) >= 11 is 0. The SMILES string of the molecule is CCOC(=O)c1c(C)[nH]c(C(=O)N(CCOC)c2c(N)n(Cc3ccccc3)c(=O)[nH]c2=O)c1C. The number of esters is 1. The molecule has 0 saturated carbocycles. The van der Waals surface area contributed by atoms with E-state index in [1.807, 2.05) is 30.3 Å². The summed E-state index contributed by atoms with van der Waals surface area (Å²) in [5.41, 5.74) is 6.56. The summed E-state index contributed by atoms with van der Waals surface area (Å²) < 4.78 is 11.4. The zero-order valence-electron chi connectivity index (χ0n) is 20.1. The maximum absolute atomic E-state index is 13.7. The maximum Gasteiger partial charge on any atom is 0.340 e. The molecule has 0 saturated heterocycles. The first kappa shape index (κ1) is 25.5. The van der Waals surface area contributed by atoms with E-state index in [-0.39, 0.29) is 49.1 Å². The lowest BCUT2D eigenvalue weighted by atomic mass is 10.1. The van der Waals surface area contributed by atoms with Crippen LogP contribution in [0.2, 0.25) is 0 Å². The van der Waals surface area contributed by atoms with Gasteiger partial charge in [-0.05, 0) is 31.9 Å². The molecule has 3 aromatic rings. The molecular weight excluding hydrogens is 454 g/mol. The zero-order chi connectivity index (χ0) is 25.7. The largest absolute Gasteiger partial charge is 0.462 e. The van der Waals surface area contributed by atoms with Gasteiger partial charge in [-0.1, -0.05) is 30.3 Å². The van der Waals surface area contributed by atoms with Gasteiger partial charge in [-0.25, -0.2) is 9.59 Å². The summed E-state index contributed by atoms with van der Waals surface area (Å²) in [6.45, 7) is 5.28. The van der Waals surface area contributed by atoms with Crippen LogP contribution in [0.25, 0.3) is 0 Å². The summed E-state index contributed by atoms with van der Waals surface area (Å²) in [7, 11) is 1.45. The van der Waals surface area contributed by atoms with E-state index >= 15 is 0 Å². The van der Waals surface area contributed by atoms with Gasteiger partial charge < -0.3 is 20.2 Å². The van der Waals surface area contributed by atoms with Gasteiger partial charge in [0.25, 0.3) is 11.5 Å². The Hall–Kier alpha value is -4.12. The van der Waals surface area contributed by atoms with Crippen LogP contribution in [0.4, 0.5) is 11.5 Å². The Bertz CT molecular complexity index is 1340. The van der Waals surface area contributed by atoms with Crippen LogP contribution in [0.15, 0.2) is 39.9 Å². The average Bonchev–Trinajstić information content (AvgIpc) is 3.12. The van der Waals surface area contributed by atoms with E-state index in [0.717, 1.165) is 10.5 Å². The molecule has 0 radical (unpaired) electrons. The highest BCUT2D eigenvalue weighted by molar-refractivity contribution is 6.09. The van der Waals surface area contributed by atoms with Gasteiger partial charge in [0.1, 0.15) is 11.5 Å². The van der Waals surface area contributed by atoms with Crippen molar-refractivity contribution in [2.24, 2.45) is 0 Å². The predicted molar refractivity (Wildman–Crippen MR) is 131 cm³/mol. The lowest BCUT2D eigenvalue weighted by Crippen LogP contribution is -2.43. The molecule has 2 aromatic heterocycles. The second kappa shape index (κ2) is 10.9. The molecule has 0 unspecified atom stereocenters. The van der Waals surface area contributed by atoms with Crippen LogP contribution in [0.5, 0.6) is 0 Å². The van der Waals surface area contributed by atoms with Crippen molar-refractivity contribution in [2.45, 2.75) is 27.3 Å². The summed E-state index contributed by atoms with van der Waals surface area (Å²) in [6, 6.07) is 9.09. The number of hydrogen-bond acceptors (Lipinski definition) is 7. The Morgan fingerprint density at radius 3 is 2.43 bits per heavy atom. The minimum absolute atomic E-state index is 0.0294. The third-order valence-corrected chi connectivity index (χ3v) is 5.56. The Morgan fingerprint density at radius 2 is 1.80 bits per heavy atom. The van der Waals surface area contributed by atoms with Gasteiger partial charge in [-0.3, -0.25) is 24.0 Å². The van der Waals surface area contributed by atoms with Crippen molar-refractivity contribution >= 4 is 23.4 Å². The Labute approximate surface area is 201 Å². The van der Waals surface area contributed by atoms with E-state index < -0.39 is 23.1 Å². The third kappa shape index (κ3) is 5.19. The minimum Gasteiger partial charge on any atom is -0.462 e. The van der Waals surface area contributed by atoms with Gasteiger partial charge in [0, 0.05) is 19.3 Å².